The van der Waals surface area contributed by atoms with E-state index >= 15 is 0 Å². The summed E-state index contributed by atoms with van der Waals surface area (Å²) in [6, 6.07) is 9.70. The van der Waals surface area contributed by atoms with Crippen LogP contribution in [-0.4, -0.2) is 48.9 Å². The Bertz CT molecular complexity index is 467. The first-order chi connectivity index (χ1) is 9.66. The van der Waals surface area contributed by atoms with Crippen LogP contribution in [0.2, 0.25) is 0 Å². The summed E-state index contributed by atoms with van der Waals surface area (Å²) < 4.78 is 0. The summed E-state index contributed by atoms with van der Waals surface area (Å²) in [5.74, 6) is -0.132. The molecule has 6 heteroatoms. The van der Waals surface area contributed by atoms with Crippen molar-refractivity contribution in [3.63, 3.8) is 0 Å². The van der Waals surface area contributed by atoms with Gasteiger partial charge in [-0.3, -0.25) is 9.59 Å². The Hall–Kier alpha value is -1.59. The maximum atomic E-state index is 12.0. The van der Waals surface area contributed by atoms with E-state index in [1.807, 2.05) is 42.2 Å². The van der Waals surface area contributed by atoms with Crippen LogP contribution in [0.3, 0.4) is 0 Å². The zero-order chi connectivity index (χ0) is 14.4. The van der Waals surface area contributed by atoms with Crippen molar-refractivity contribution < 1.29 is 9.59 Å². The van der Waals surface area contributed by atoms with Crippen molar-refractivity contribution in [1.82, 2.24) is 15.5 Å². The van der Waals surface area contributed by atoms with Crippen molar-refractivity contribution in [3.05, 3.63) is 35.9 Å². The molecule has 0 spiro atoms. The molecular weight excluding hydrogens is 290 g/mol. The molecule has 1 aliphatic heterocycles. The lowest BCUT2D eigenvalue weighted by Crippen LogP contribution is -2.54. The van der Waals surface area contributed by atoms with Gasteiger partial charge in [0.2, 0.25) is 11.8 Å². The Balaban J connectivity index is 0.00000220. The molecule has 1 aromatic rings. The summed E-state index contributed by atoms with van der Waals surface area (Å²) in [4.78, 5) is 25.7. The van der Waals surface area contributed by atoms with Gasteiger partial charge in [0.1, 0.15) is 0 Å². The highest BCUT2D eigenvalue weighted by molar-refractivity contribution is 5.86. The lowest BCUT2D eigenvalue weighted by Gasteiger charge is -2.34. The molecular formula is C15H22ClN3O2. The lowest BCUT2D eigenvalue weighted by atomic mass is 10.1. The Kier molecular flexibility index (Phi) is 7.19. The molecule has 0 saturated carbocycles. The van der Waals surface area contributed by atoms with Crippen molar-refractivity contribution in [2.24, 2.45) is 0 Å². The summed E-state index contributed by atoms with van der Waals surface area (Å²) >= 11 is 0. The minimum absolute atomic E-state index is 0. The van der Waals surface area contributed by atoms with Gasteiger partial charge in [0.05, 0.1) is 13.0 Å². The number of halogens is 1. The fourth-order valence-corrected chi connectivity index (χ4v) is 2.33. The van der Waals surface area contributed by atoms with Crippen molar-refractivity contribution in [1.29, 1.82) is 0 Å². The molecule has 0 bridgehead atoms. The van der Waals surface area contributed by atoms with E-state index in [0.717, 1.165) is 18.7 Å². The van der Waals surface area contributed by atoms with E-state index in [1.54, 1.807) is 0 Å². The third-order valence-corrected chi connectivity index (χ3v) is 3.47. The second-order valence-corrected chi connectivity index (χ2v) is 5.08. The van der Waals surface area contributed by atoms with Gasteiger partial charge in [-0.05, 0) is 12.5 Å². The maximum absolute atomic E-state index is 12.0. The molecule has 2 rings (SSSR count). The predicted octanol–water partition coefficient (Wildman–Crippen LogP) is 0.587. The molecule has 5 nitrogen and oxygen atoms in total. The van der Waals surface area contributed by atoms with Crippen LogP contribution in [0.25, 0.3) is 0 Å². The van der Waals surface area contributed by atoms with Gasteiger partial charge in [0.25, 0.3) is 0 Å². The van der Waals surface area contributed by atoms with E-state index in [2.05, 4.69) is 10.6 Å². The highest BCUT2D eigenvalue weighted by Gasteiger charge is 2.22. The van der Waals surface area contributed by atoms with Crippen molar-refractivity contribution >= 4 is 24.2 Å². The van der Waals surface area contributed by atoms with Crippen LogP contribution in [0.5, 0.6) is 0 Å². The van der Waals surface area contributed by atoms with Gasteiger partial charge in [-0.15, -0.1) is 12.4 Å². The second kappa shape index (κ2) is 8.64. The zero-order valence-electron chi connectivity index (χ0n) is 12.2. The van der Waals surface area contributed by atoms with Crippen LogP contribution in [0.4, 0.5) is 0 Å². The van der Waals surface area contributed by atoms with Crippen molar-refractivity contribution in [2.75, 3.05) is 26.2 Å². The second-order valence-electron chi connectivity index (χ2n) is 5.08. The molecule has 2 N–H and O–H groups in total. The monoisotopic (exact) mass is 311 g/mol. The molecule has 1 aliphatic rings. The Morgan fingerprint density at radius 1 is 1.33 bits per heavy atom. The fourth-order valence-electron chi connectivity index (χ4n) is 2.33. The highest BCUT2D eigenvalue weighted by atomic mass is 35.5. The number of benzene rings is 1. The minimum Gasteiger partial charge on any atom is -0.347 e. The van der Waals surface area contributed by atoms with Gasteiger partial charge in [0.15, 0.2) is 0 Å². The molecule has 1 fully saturated rings. The predicted molar refractivity (Wildman–Crippen MR) is 84.4 cm³/mol. The first-order valence-corrected chi connectivity index (χ1v) is 6.97. The molecule has 1 heterocycles. The summed E-state index contributed by atoms with van der Waals surface area (Å²) in [6.07, 6.45) is 0.311. The molecule has 2 amide bonds. The number of hydrogen-bond acceptors (Lipinski definition) is 3. The number of hydrogen-bond donors (Lipinski definition) is 2. The Morgan fingerprint density at radius 2 is 2.05 bits per heavy atom. The molecule has 0 aliphatic carbocycles. The van der Waals surface area contributed by atoms with Crippen LogP contribution in [0.15, 0.2) is 30.3 Å². The number of piperazine rings is 1. The van der Waals surface area contributed by atoms with E-state index in [9.17, 15) is 9.59 Å². The highest BCUT2D eigenvalue weighted by Crippen LogP contribution is 2.02. The average molecular weight is 312 g/mol. The first kappa shape index (κ1) is 17.5. The smallest absolute Gasteiger partial charge is 0.242 e. The SMILES string of the molecule is C[C@H]1CNCCN1C(=O)CNC(=O)Cc1ccccc1.Cl. The maximum Gasteiger partial charge on any atom is 0.242 e. The third kappa shape index (κ3) is 5.36. The molecule has 1 saturated heterocycles. The minimum atomic E-state index is -0.118. The molecule has 0 aromatic heterocycles. The topological polar surface area (TPSA) is 61.4 Å². The number of nitrogens with one attached hydrogen (secondary N) is 2. The largest absolute Gasteiger partial charge is 0.347 e. The van der Waals surface area contributed by atoms with Gasteiger partial charge in [-0.2, -0.15) is 0 Å². The number of carbonyl (C=O) groups is 2. The standard InChI is InChI=1S/C15H21N3O2.ClH/c1-12-10-16-7-8-18(12)15(20)11-17-14(19)9-13-5-3-2-4-6-13;/h2-6,12,16H,7-11H2,1H3,(H,17,19);1H/t12-;/m0./s1. The van der Waals surface area contributed by atoms with Gasteiger partial charge in [-0.25, -0.2) is 0 Å². The summed E-state index contributed by atoms with van der Waals surface area (Å²) in [5, 5.41) is 5.93. The van der Waals surface area contributed by atoms with Crippen LogP contribution in [0, 0.1) is 0 Å². The van der Waals surface area contributed by atoms with Gasteiger partial charge >= 0.3 is 0 Å². The quantitative estimate of drug-likeness (QED) is 0.855. The molecule has 0 unspecified atom stereocenters. The van der Waals surface area contributed by atoms with Gasteiger partial charge in [0, 0.05) is 25.7 Å². The number of rotatable bonds is 4. The zero-order valence-corrected chi connectivity index (χ0v) is 13.0. The Morgan fingerprint density at radius 3 is 2.71 bits per heavy atom. The lowest BCUT2D eigenvalue weighted by molar-refractivity contribution is -0.135. The van der Waals surface area contributed by atoms with Crippen LogP contribution in [0.1, 0.15) is 12.5 Å². The van der Waals surface area contributed by atoms with E-state index in [0.29, 0.717) is 13.0 Å². The van der Waals surface area contributed by atoms with E-state index in [1.165, 1.54) is 0 Å². The average Bonchev–Trinajstić information content (AvgIpc) is 2.46. The normalized spacial score (nSPS) is 17.8. The molecule has 1 aromatic carbocycles. The molecule has 21 heavy (non-hydrogen) atoms. The van der Waals surface area contributed by atoms with Gasteiger partial charge in [-0.1, -0.05) is 30.3 Å². The number of carbonyl (C=O) groups excluding carboxylic acids is 2. The van der Waals surface area contributed by atoms with Crippen molar-refractivity contribution in [3.8, 4) is 0 Å². The Labute approximate surface area is 131 Å². The van der Waals surface area contributed by atoms with E-state index in [4.69, 9.17) is 0 Å². The molecule has 0 radical (unpaired) electrons. The first-order valence-electron chi connectivity index (χ1n) is 6.97. The summed E-state index contributed by atoms with van der Waals surface area (Å²) in [6.45, 7) is 4.41. The van der Waals surface area contributed by atoms with Crippen LogP contribution in [-0.2, 0) is 16.0 Å². The summed E-state index contributed by atoms with van der Waals surface area (Å²) in [5.41, 5.74) is 0.952. The third-order valence-electron chi connectivity index (χ3n) is 3.47. The van der Waals surface area contributed by atoms with E-state index < -0.39 is 0 Å². The number of nitrogens with zero attached hydrogens (tertiary/aromatic N) is 1. The fraction of sp³-hybridized carbons (Fsp3) is 0.467. The van der Waals surface area contributed by atoms with Gasteiger partial charge < -0.3 is 15.5 Å². The summed E-state index contributed by atoms with van der Waals surface area (Å²) in [7, 11) is 0. The number of amides is 2. The van der Waals surface area contributed by atoms with Crippen LogP contribution >= 0.6 is 12.4 Å². The molecule has 116 valence electrons. The van der Waals surface area contributed by atoms with E-state index in [-0.39, 0.29) is 36.8 Å². The molecule has 1 atom stereocenters. The van der Waals surface area contributed by atoms with Crippen LogP contribution < -0.4 is 10.6 Å². The van der Waals surface area contributed by atoms with Crippen molar-refractivity contribution in [2.45, 2.75) is 19.4 Å².